The van der Waals surface area contributed by atoms with E-state index in [9.17, 15) is 4.79 Å². The first kappa shape index (κ1) is 14.2. The summed E-state index contributed by atoms with van der Waals surface area (Å²) in [5.41, 5.74) is 6.97. The van der Waals surface area contributed by atoms with Crippen molar-refractivity contribution in [1.29, 1.82) is 0 Å². The highest BCUT2D eigenvalue weighted by atomic mass is 35.5. The molecule has 2 atom stereocenters. The molecule has 19 heavy (non-hydrogen) atoms. The Morgan fingerprint density at radius 2 is 2.16 bits per heavy atom. The molecule has 1 saturated heterocycles. The highest BCUT2D eigenvalue weighted by molar-refractivity contribution is 6.18. The van der Waals surface area contributed by atoms with E-state index in [2.05, 4.69) is 0 Å². The Kier molecular flexibility index (Phi) is 5.05. The molecule has 104 valence electrons. The smallest absolute Gasteiger partial charge is 0.410 e. The minimum atomic E-state index is -0.299. The van der Waals surface area contributed by atoms with Gasteiger partial charge in [-0.3, -0.25) is 0 Å². The number of amides is 1. The van der Waals surface area contributed by atoms with Crippen molar-refractivity contribution < 1.29 is 9.53 Å². The third kappa shape index (κ3) is 3.85. The second-order valence-electron chi connectivity index (χ2n) is 4.85. The highest BCUT2D eigenvalue weighted by Gasteiger charge is 2.29. The molecule has 1 aliphatic rings. The average molecular weight is 283 g/mol. The third-order valence-electron chi connectivity index (χ3n) is 3.47. The molecular formula is C14H19ClN2O2. The zero-order valence-corrected chi connectivity index (χ0v) is 11.6. The van der Waals surface area contributed by atoms with Gasteiger partial charge in [-0.25, -0.2) is 4.79 Å². The number of halogens is 1. The van der Waals surface area contributed by atoms with Gasteiger partial charge in [-0.15, -0.1) is 11.6 Å². The summed E-state index contributed by atoms with van der Waals surface area (Å²) in [6, 6.07) is 9.57. The molecule has 1 aromatic rings. The Morgan fingerprint density at radius 3 is 2.79 bits per heavy atom. The Balaban J connectivity index is 1.81. The molecular weight excluding hydrogens is 264 g/mol. The number of benzene rings is 1. The summed E-state index contributed by atoms with van der Waals surface area (Å²) < 4.78 is 5.28. The molecule has 1 aromatic carbocycles. The lowest BCUT2D eigenvalue weighted by atomic mass is 9.94. The summed E-state index contributed by atoms with van der Waals surface area (Å²) >= 11 is 5.83. The van der Waals surface area contributed by atoms with Gasteiger partial charge in [-0.05, 0) is 17.9 Å². The molecule has 0 spiro atoms. The molecule has 1 aliphatic heterocycles. The average Bonchev–Trinajstić information content (AvgIpc) is 2.45. The van der Waals surface area contributed by atoms with Crippen molar-refractivity contribution in [3.63, 3.8) is 0 Å². The maximum absolute atomic E-state index is 11.9. The van der Waals surface area contributed by atoms with E-state index in [1.54, 1.807) is 4.90 Å². The first-order chi connectivity index (χ1) is 9.20. The van der Waals surface area contributed by atoms with Gasteiger partial charge in [0.25, 0.3) is 0 Å². The number of hydrogen-bond acceptors (Lipinski definition) is 3. The zero-order chi connectivity index (χ0) is 13.7. The molecule has 0 radical (unpaired) electrons. The van der Waals surface area contributed by atoms with Crippen molar-refractivity contribution in [2.45, 2.75) is 19.1 Å². The summed E-state index contributed by atoms with van der Waals surface area (Å²) in [5.74, 6) is 0.841. The summed E-state index contributed by atoms with van der Waals surface area (Å²) in [7, 11) is 0. The van der Waals surface area contributed by atoms with Crippen molar-refractivity contribution in [2.24, 2.45) is 11.7 Å². The second kappa shape index (κ2) is 6.78. The molecule has 0 saturated carbocycles. The fourth-order valence-corrected chi connectivity index (χ4v) is 2.58. The number of nitrogens with zero attached hydrogens (tertiary/aromatic N) is 1. The zero-order valence-electron chi connectivity index (χ0n) is 10.8. The molecule has 5 heteroatoms. The van der Waals surface area contributed by atoms with Crippen molar-refractivity contribution in [3.05, 3.63) is 35.9 Å². The van der Waals surface area contributed by atoms with Gasteiger partial charge in [0.05, 0.1) is 0 Å². The number of carbonyl (C=O) groups excluding carboxylic acids is 1. The SMILES string of the molecule is NC1CN(C(=O)OCc2ccccc2)CCC1CCl. The Labute approximate surface area is 118 Å². The van der Waals surface area contributed by atoms with Gasteiger partial charge >= 0.3 is 6.09 Å². The van der Waals surface area contributed by atoms with Crippen LogP contribution in [0.15, 0.2) is 30.3 Å². The standard InChI is InChI=1S/C14H19ClN2O2/c15-8-12-6-7-17(9-13(12)16)14(18)19-10-11-4-2-1-3-5-11/h1-5,12-13H,6-10,16H2. The summed E-state index contributed by atoms with van der Waals surface area (Å²) in [5, 5.41) is 0. The topological polar surface area (TPSA) is 55.6 Å². The van der Waals surface area contributed by atoms with Crippen molar-refractivity contribution in [3.8, 4) is 0 Å². The number of rotatable bonds is 3. The van der Waals surface area contributed by atoms with Crippen molar-refractivity contribution in [1.82, 2.24) is 4.90 Å². The Bertz CT molecular complexity index is 413. The van der Waals surface area contributed by atoms with E-state index in [1.807, 2.05) is 30.3 Å². The van der Waals surface area contributed by atoms with Crippen LogP contribution >= 0.6 is 11.6 Å². The molecule has 0 aliphatic carbocycles. The molecule has 0 aromatic heterocycles. The van der Waals surface area contributed by atoms with E-state index in [-0.39, 0.29) is 12.1 Å². The van der Waals surface area contributed by atoms with Crippen LogP contribution in [-0.4, -0.2) is 36.0 Å². The Hall–Kier alpha value is -1.26. The van der Waals surface area contributed by atoms with E-state index >= 15 is 0 Å². The molecule has 2 unspecified atom stereocenters. The number of nitrogens with two attached hydrogens (primary N) is 1. The fourth-order valence-electron chi connectivity index (χ4n) is 2.20. The van der Waals surface area contributed by atoms with Crippen LogP contribution in [0.4, 0.5) is 4.79 Å². The minimum absolute atomic E-state index is 0.0597. The largest absolute Gasteiger partial charge is 0.445 e. The summed E-state index contributed by atoms with van der Waals surface area (Å²) in [6.45, 7) is 1.48. The molecule has 4 nitrogen and oxygen atoms in total. The maximum Gasteiger partial charge on any atom is 0.410 e. The van der Waals surface area contributed by atoms with Gasteiger partial charge in [0, 0.05) is 25.0 Å². The first-order valence-electron chi connectivity index (χ1n) is 6.48. The van der Waals surface area contributed by atoms with Gasteiger partial charge in [-0.1, -0.05) is 30.3 Å². The van der Waals surface area contributed by atoms with Crippen LogP contribution in [0.25, 0.3) is 0 Å². The summed E-state index contributed by atoms with van der Waals surface area (Å²) in [6.07, 6.45) is 0.540. The lowest BCUT2D eigenvalue weighted by Gasteiger charge is -2.35. The van der Waals surface area contributed by atoms with Gasteiger partial charge in [0.2, 0.25) is 0 Å². The lowest BCUT2D eigenvalue weighted by molar-refractivity contribution is 0.0790. The van der Waals surface area contributed by atoms with E-state index in [0.717, 1.165) is 12.0 Å². The van der Waals surface area contributed by atoms with Gasteiger partial charge < -0.3 is 15.4 Å². The quantitative estimate of drug-likeness (QED) is 0.865. The molecule has 1 fully saturated rings. The normalized spacial score (nSPS) is 23.2. The number of carbonyl (C=O) groups is 1. The second-order valence-corrected chi connectivity index (χ2v) is 5.16. The maximum atomic E-state index is 11.9. The van der Waals surface area contributed by atoms with Crippen molar-refractivity contribution >= 4 is 17.7 Å². The fraction of sp³-hybridized carbons (Fsp3) is 0.500. The number of alkyl halides is 1. The number of ether oxygens (including phenoxy) is 1. The van der Waals surface area contributed by atoms with E-state index in [4.69, 9.17) is 22.1 Å². The summed E-state index contributed by atoms with van der Waals surface area (Å²) in [4.78, 5) is 13.6. The molecule has 1 amide bonds. The molecule has 1 heterocycles. The van der Waals surface area contributed by atoms with Crippen LogP contribution in [0.3, 0.4) is 0 Å². The monoisotopic (exact) mass is 282 g/mol. The van der Waals surface area contributed by atoms with Crippen LogP contribution in [-0.2, 0) is 11.3 Å². The van der Waals surface area contributed by atoms with Gasteiger partial charge in [-0.2, -0.15) is 0 Å². The molecule has 2 N–H and O–H groups in total. The Morgan fingerprint density at radius 1 is 1.42 bits per heavy atom. The molecule has 2 rings (SSSR count). The van der Waals surface area contributed by atoms with Crippen LogP contribution in [0.2, 0.25) is 0 Å². The number of piperidine rings is 1. The number of likely N-dealkylation sites (tertiary alicyclic amines) is 1. The van der Waals surface area contributed by atoms with E-state index in [1.165, 1.54) is 0 Å². The van der Waals surface area contributed by atoms with E-state index in [0.29, 0.717) is 31.5 Å². The molecule has 0 bridgehead atoms. The first-order valence-corrected chi connectivity index (χ1v) is 7.01. The van der Waals surface area contributed by atoms with Crippen LogP contribution in [0, 0.1) is 5.92 Å². The number of hydrogen-bond donors (Lipinski definition) is 1. The van der Waals surface area contributed by atoms with Gasteiger partial charge in [0.15, 0.2) is 0 Å². The highest BCUT2D eigenvalue weighted by Crippen LogP contribution is 2.18. The van der Waals surface area contributed by atoms with E-state index < -0.39 is 0 Å². The van der Waals surface area contributed by atoms with Crippen LogP contribution in [0.1, 0.15) is 12.0 Å². The van der Waals surface area contributed by atoms with Crippen LogP contribution in [0.5, 0.6) is 0 Å². The lowest BCUT2D eigenvalue weighted by Crippen LogP contribution is -2.51. The predicted octanol–water partition coefficient (Wildman–Crippen LogP) is 2.21. The van der Waals surface area contributed by atoms with Gasteiger partial charge in [0.1, 0.15) is 6.61 Å². The third-order valence-corrected chi connectivity index (χ3v) is 3.86. The van der Waals surface area contributed by atoms with Crippen molar-refractivity contribution in [2.75, 3.05) is 19.0 Å². The minimum Gasteiger partial charge on any atom is -0.445 e. The van der Waals surface area contributed by atoms with Crippen LogP contribution < -0.4 is 5.73 Å². The predicted molar refractivity (Wildman–Crippen MR) is 75.0 cm³/mol.